The van der Waals surface area contributed by atoms with Crippen LogP contribution in [0.5, 0.6) is 0 Å². The Balaban J connectivity index is 1.94. The molecule has 1 amide bonds. The third-order valence-corrected chi connectivity index (χ3v) is 4.60. The second-order valence-electron chi connectivity index (χ2n) is 5.01. The van der Waals surface area contributed by atoms with Crippen LogP contribution in [0.3, 0.4) is 0 Å². The SMILES string of the molecule is CSC(=O)N1CCC[C@H]1C1CCN(C)CC1. The molecule has 16 heavy (non-hydrogen) atoms. The highest BCUT2D eigenvalue weighted by atomic mass is 32.2. The molecule has 0 saturated carbocycles. The van der Waals surface area contributed by atoms with Crippen molar-refractivity contribution >= 4 is 17.0 Å². The van der Waals surface area contributed by atoms with Crippen LogP contribution in [0.25, 0.3) is 0 Å². The summed E-state index contributed by atoms with van der Waals surface area (Å²) >= 11 is 1.37. The summed E-state index contributed by atoms with van der Waals surface area (Å²) in [6, 6.07) is 0.536. The van der Waals surface area contributed by atoms with Crippen LogP contribution in [0.4, 0.5) is 4.79 Å². The Hall–Kier alpha value is -0.220. The van der Waals surface area contributed by atoms with Gasteiger partial charge in [-0.25, -0.2) is 0 Å². The first-order chi connectivity index (χ1) is 7.72. The Labute approximate surface area is 103 Å². The monoisotopic (exact) mass is 242 g/mol. The molecule has 1 atom stereocenters. The summed E-state index contributed by atoms with van der Waals surface area (Å²) in [4.78, 5) is 16.3. The molecule has 2 aliphatic heterocycles. The van der Waals surface area contributed by atoms with Gasteiger partial charge in [0.05, 0.1) is 0 Å². The number of hydrogen-bond acceptors (Lipinski definition) is 3. The number of thioether (sulfide) groups is 1. The molecule has 0 aromatic heterocycles. The van der Waals surface area contributed by atoms with Crippen molar-refractivity contribution in [2.24, 2.45) is 5.92 Å². The molecule has 0 spiro atoms. The highest BCUT2D eigenvalue weighted by molar-refractivity contribution is 8.12. The molecule has 0 aromatic carbocycles. The number of nitrogens with zero attached hydrogens (tertiary/aromatic N) is 2. The lowest BCUT2D eigenvalue weighted by Crippen LogP contribution is -2.42. The maximum atomic E-state index is 11.8. The topological polar surface area (TPSA) is 23.6 Å². The van der Waals surface area contributed by atoms with E-state index in [9.17, 15) is 4.79 Å². The van der Waals surface area contributed by atoms with Gasteiger partial charge < -0.3 is 9.80 Å². The largest absolute Gasteiger partial charge is 0.330 e. The summed E-state index contributed by atoms with van der Waals surface area (Å²) < 4.78 is 0. The molecule has 92 valence electrons. The minimum Gasteiger partial charge on any atom is -0.330 e. The second-order valence-corrected chi connectivity index (χ2v) is 5.77. The van der Waals surface area contributed by atoms with E-state index in [1.165, 1.54) is 50.5 Å². The number of hydrogen-bond donors (Lipinski definition) is 0. The Morgan fingerprint density at radius 3 is 2.50 bits per heavy atom. The molecule has 2 heterocycles. The van der Waals surface area contributed by atoms with Crippen molar-refractivity contribution in [3.63, 3.8) is 0 Å². The molecule has 3 nitrogen and oxygen atoms in total. The van der Waals surface area contributed by atoms with Crippen molar-refractivity contribution in [2.75, 3.05) is 32.9 Å². The lowest BCUT2D eigenvalue weighted by Gasteiger charge is -2.36. The smallest absolute Gasteiger partial charge is 0.281 e. The molecule has 0 radical (unpaired) electrons. The Kier molecular flexibility index (Phi) is 4.14. The first-order valence-electron chi connectivity index (χ1n) is 6.25. The maximum Gasteiger partial charge on any atom is 0.281 e. The van der Waals surface area contributed by atoms with Gasteiger partial charge in [-0.3, -0.25) is 4.79 Å². The van der Waals surface area contributed by atoms with Gasteiger partial charge in [0.2, 0.25) is 0 Å². The lowest BCUT2D eigenvalue weighted by atomic mass is 9.88. The van der Waals surface area contributed by atoms with Crippen molar-refractivity contribution in [3.05, 3.63) is 0 Å². The molecular weight excluding hydrogens is 220 g/mol. The highest BCUT2D eigenvalue weighted by Crippen LogP contribution is 2.32. The maximum absolute atomic E-state index is 11.8. The fourth-order valence-electron chi connectivity index (χ4n) is 3.04. The third-order valence-electron chi connectivity index (χ3n) is 4.02. The molecular formula is C12H22N2OS. The summed E-state index contributed by atoms with van der Waals surface area (Å²) in [6.07, 6.45) is 6.84. The van der Waals surface area contributed by atoms with Crippen LogP contribution in [-0.2, 0) is 0 Å². The molecule has 2 saturated heterocycles. The predicted octanol–water partition coefficient (Wildman–Crippen LogP) is 2.28. The summed E-state index contributed by atoms with van der Waals surface area (Å²) in [7, 11) is 2.19. The van der Waals surface area contributed by atoms with Crippen molar-refractivity contribution in [3.8, 4) is 0 Å². The van der Waals surface area contributed by atoms with Crippen LogP contribution >= 0.6 is 11.8 Å². The summed E-state index contributed by atoms with van der Waals surface area (Å²) in [5.41, 5.74) is 0. The van der Waals surface area contributed by atoms with Crippen LogP contribution in [0.1, 0.15) is 25.7 Å². The number of carbonyl (C=O) groups is 1. The van der Waals surface area contributed by atoms with Crippen molar-refractivity contribution in [1.29, 1.82) is 0 Å². The van der Waals surface area contributed by atoms with Gasteiger partial charge in [0.15, 0.2) is 0 Å². The van der Waals surface area contributed by atoms with Crippen molar-refractivity contribution in [2.45, 2.75) is 31.7 Å². The first kappa shape index (κ1) is 12.2. The molecule has 2 rings (SSSR count). The van der Waals surface area contributed by atoms with E-state index in [0.717, 1.165) is 12.5 Å². The first-order valence-corrected chi connectivity index (χ1v) is 7.48. The number of likely N-dealkylation sites (tertiary alicyclic amines) is 2. The lowest BCUT2D eigenvalue weighted by molar-refractivity contribution is 0.143. The Morgan fingerprint density at radius 1 is 1.19 bits per heavy atom. The number of rotatable bonds is 1. The number of piperidine rings is 1. The average molecular weight is 242 g/mol. The zero-order chi connectivity index (χ0) is 11.5. The molecule has 0 bridgehead atoms. The minimum absolute atomic E-state index is 0.279. The molecule has 4 heteroatoms. The molecule has 2 fully saturated rings. The number of amides is 1. The summed E-state index contributed by atoms with van der Waals surface area (Å²) in [5.74, 6) is 0.745. The zero-order valence-electron chi connectivity index (χ0n) is 10.3. The van der Waals surface area contributed by atoms with E-state index in [4.69, 9.17) is 0 Å². The van der Waals surface area contributed by atoms with E-state index >= 15 is 0 Å². The van der Waals surface area contributed by atoms with Crippen molar-refractivity contribution in [1.82, 2.24) is 9.80 Å². The average Bonchev–Trinajstić information content (AvgIpc) is 2.78. The molecule has 2 aliphatic rings. The minimum atomic E-state index is 0.279. The fraction of sp³-hybridized carbons (Fsp3) is 0.917. The van der Waals surface area contributed by atoms with Gasteiger partial charge in [-0.2, -0.15) is 0 Å². The van der Waals surface area contributed by atoms with Crippen LogP contribution < -0.4 is 0 Å². The van der Waals surface area contributed by atoms with Gasteiger partial charge in [-0.1, -0.05) is 11.8 Å². The Morgan fingerprint density at radius 2 is 1.88 bits per heavy atom. The van der Waals surface area contributed by atoms with Crippen LogP contribution in [0.2, 0.25) is 0 Å². The fourth-order valence-corrected chi connectivity index (χ4v) is 3.50. The summed E-state index contributed by atoms with van der Waals surface area (Å²) in [5, 5.41) is 0.279. The van der Waals surface area contributed by atoms with Gasteiger partial charge in [0.25, 0.3) is 5.24 Å². The van der Waals surface area contributed by atoms with E-state index in [1.807, 2.05) is 6.26 Å². The predicted molar refractivity (Wildman–Crippen MR) is 68.9 cm³/mol. The van der Waals surface area contributed by atoms with E-state index in [-0.39, 0.29) is 5.24 Å². The second kappa shape index (κ2) is 5.41. The number of carbonyl (C=O) groups excluding carboxylic acids is 1. The highest BCUT2D eigenvalue weighted by Gasteiger charge is 2.35. The van der Waals surface area contributed by atoms with Gasteiger partial charge in [0, 0.05) is 12.6 Å². The van der Waals surface area contributed by atoms with Gasteiger partial charge >= 0.3 is 0 Å². The van der Waals surface area contributed by atoms with Crippen LogP contribution in [0.15, 0.2) is 0 Å². The molecule has 0 aliphatic carbocycles. The van der Waals surface area contributed by atoms with Gasteiger partial charge in [-0.15, -0.1) is 0 Å². The third kappa shape index (κ3) is 2.54. The normalized spacial score (nSPS) is 28.6. The molecule has 0 aromatic rings. The Bertz CT molecular complexity index is 251. The molecule has 0 N–H and O–H groups in total. The summed E-state index contributed by atoms with van der Waals surface area (Å²) in [6.45, 7) is 3.38. The standard InChI is InChI=1S/C12H22N2OS/c1-13-8-5-10(6-9-13)11-4-3-7-14(11)12(15)16-2/h10-11H,3-9H2,1-2H3/t11-/m0/s1. The molecule has 0 unspecified atom stereocenters. The van der Waals surface area contributed by atoms with Crippen molar-refractivity contribution < 1.29 is 4.79 Å². The van der Waals surface area contributed by atoms with E-state index in [0.29, 0.717) is 6.04 Å². The van der Waals surface area contributed by atoms with Crippen LogP contribution in [-0.4, -0.2) is 54.0 Å². The van der Waals surface area contributed by atoms with E-state index in [2.05, 4.69) is 16.8 Å². The van der Waals surface area contributed by atoms with E-state index < -0.39 is 0 Å². The van der Waals surface area contributed by atoms with Gasteiger partial charge in [-0.05, 0) is 58.0 Å². The van der Waals surface area contributed by atoms with Gasteiger partial charge in [0.1, 0.15) is 0 Å². The van der Waals surface area contributed by atoms with E-state index in [1.54, 1.807) is 0 Å². The van der Waals surface area contributed by atoms with Crippen LogP contribution in [0, 0.1) is 5.92 Å². The zero-order valence-corrected chi connectivity index (χ0v) is 11.1. The quantitative estimate of drug-likeness (QED) is 0.705.